The Kier molecular flexibility index (Phi) is 2.54. The summed E-state index contributed by atoms with van der Waals surface area (Å²) in [5, 5.41) is 13.3. The van der Waals surface area contributed by atoms with Gasteiger partial charge in [-0.2, -0.15) is 5.10 Å². The maximum atomic E-state index is 10.8. The molecule has 0 bridgehead atoms. The number of nitrogen functional groups attached to an aromatic ring is 1. The minimum Gasteiger partial charge on any atom is -0.478 e. The van der Waals surface area contributed by atoms with Crippen molar-refractivity contribution >= 4 is 23.3 Å². The highest BCUT2D eigenvalue weighted by Crippen LogP contribution is 2.20. The smallest absolute Gasteiger partial charge is 0.335 e. The number of carbonyl (C=O) groups is 1. The number of aromatic nitrogens is 2. The van der Waals surface area contributed by atoms with E-state index in [1.807, 2.05) is 0 Å². The summed E-state index contributed by atoms with van der Waals surface area (Å²) < 4.78 is 1.43. The second-order valence-corrected chi connectivity index (χ2v) is 3.62. The molecule has 0 saturated heterocycles. The number of rotatable bonds is 2. The van der Waals surface area contributed by atoms with Gasteiger partial charge < -0.3 is 10.8 Å². The lowest BCUT2D eigenvalue weighted by atomic mass is 10.2. The largest absolute Gasteiger partial charge is 0.478 e. The fourth-order valence-electron chi connectivity index (χ4n) is 1.31. The van der Waals surface area contributed by atoms with Gasteiger partial charge in [0.15, 0.2) is 0 Å². The normalized spacial score (nSPS) is 10.3. The van der Waals surface area contributed by atoms with Crippen LogP contribution in [0, 0.1) is 0 Å². The van der Waals surface area contributed by atoms with Crippen molar-refractivity contribution in [3.05, 3.63) is 41.2 Å². The fourth-order valence-corrected chi connectivity index (χ4v) is 1.44. The monoisotopic (exact) mass is 237 g/mol. The fraction of sp³-hybridized carbons (Fsp3) is 0. The maximum absolute atomic E-state index is 10.8. The zero-order valence-corrected chi connectivity index (χ0v) is 8.85. The lowest BCUT2D eigenvalue weighted by Crippen LogP contribution is -2.04. The third-order valence-corrected chi connectivity index (χ3v) is 2.27. The quantitative estimate of drug-likeness (QED) is 0.781. The zero-order valence-electron chi connectivity index (χ0n) is 8.09. The number of halogens is 1. The van der Waals surface area contributed by atoms with Crippen molar-refractivity contribution in [2.45, 2.75) is 0 Å². The molecule has 0 fully saturated rings. The SMILES string of the molecule is Nc1ccc(C(=O)O)cc1-n1cc(Cl)cn1. The van der Waals surface area contributed by atoms with Gasteiger partial charge in [0.05, 0.1) is 28.2 Å². The summed E-state index contributed by atoms with van der Waals surface area (Å²) in [4.78, 5) is 10.8. The molecule has 6 heteroatoms. The molecule has 1 aromatic heterocycles. The summed E-state index contributed by atoms with van der Waals surface area (Å²) >= 11 is 5.72. The third-order valence-electron chi connectivity index (χ3n) is 2.08. The zero-order chi connectivity index (χ0) is 11.7. The number of anilines is 1. The van der Waals surface area contributed by atoms with Gasteiger partial charge in [-0.25, -0.2) is 9.48 Å². The van der Waals surface area contributed by atoms with E-state index in [1.54, 1.807) is 6.20 Å². The molecule has 0 amide bonds. The van der Waals surface area contributed by atoms with Crippen LogP contribution in [0.5, 0.6) is 0 Å². The van der Waals surface area contributed by atoms with Crippen LogP contribution in [0.1, 0.15) is 10.4 Å². The van der Waals surface area contributed by atoms with Crippen LogP contribution in [0.2, 0.25) is 5.02 Å². The van der Waals surface area contributed by atoms with Crippen LogP contribution in [0.25, 0.3) is 5.69 Å². The van der Waals surface area contributed by atoms with E-state index >= 15 is 0 Å². The Morgan fingerprint density at radius 3 is 2.81 bits per heavy atom. The summed E-state index contributed by atoms with van der Waals surface area (Å²) in [6.07, 6.45) is 3.01. The molecule has 0 aliphatic heterocycles. The van der Waals surface area contributed by atoms with Gasteiger partial charge in [0, 0.05) is 6.20 Å². The Morgan fingerprint density at radius 1 is 1.50 bits per heavy atom. The van der Waals surface area contributed by atoms with Gasteiger partial charge in [-0.1, -0.05) is 11.6 Å². The number of aromatic carboxylic acids is 1. The van der Waals surface area contributed by atoms with Gasteiger partial charge in [0.2, 0.25) is 0 Å². The predicted octanol–water partition coefficient (Wildman–Crippen LogP) is 1.81. The van der Waals surface area contributed by atoms with E-state index in [1.165, 1.54) is 29.1 Å². The summed E-state index contributed by atoms with van der Waals surface area (Å²) in [5.41, 5.74) is 6.81. The maximum Gasteiger partial charge on any atom is 0.335 e. The van der Waals surface area contributed by atoms with Crippen molar-refractivity contribution in [3.8, 4) is 5.69 Å². The van der Waals surface area contributed by atoms with Crippen molar-refractivity contribution in [2.24, 2.45) is 0 Å². The average molecular weight is 238 g/mol. The van der Waals surface area contributed by atoms with Crippen molar-refractivity contribution < 1.29 is 9.90 Å². The molecule has 16 heavy (non-hydrogen) atoms. The van der Waals surface area contributed by atoms with Crippen LogP contribution in [0.4, 0.5) is 5.69 Å². The van der Waals surface area contributed by atoms with E-state index < -0.39 is 5.97 Å². The van der Waals surface area contributed by atoms with Crippen LogP contribution in [0.3, 0.4) is 0 Å². The Hall–Kier alpha value is -2.01. The number of carboxylic acid groups (broad SMARTS) is 1. The first-order valence-electron chi connectivity index (χ1n) is 4.41. The standard InChI is InChI=1S/C10H8ClN3O2/c11-7-4-13-14(5-7)9-3-6(10(15)16)1-2-8(9)12/h1-5H,12H2,(H,15,16). The Balaban J connectivity index is 2.55. The van der Waals surface area contributed by atoms with Crippen LogP contribution in [0.15, 0.2) is 30.6 Å². The van der Waals surface area contributed by atoms with E-state index in [9.17, 15) is 4.79 Å². The topological polar surface area (TPSA) is 81.1 Å². The number of nitrogens with zero attached hydrogens (tertiary/aromatic N) is 2. The minimum absolute atomic E-state index is 0.149. The molecule has 2 rings (SSSR count). The van der Waals surface area contributed by atoms with Crippen molar-refractivity contribution in [2.75, 3.05) is 5.73 Å². The highest BCUT2D eigenvalue weighted by atomic mass is 35.5. The summed E-state index contributed by atoms with van der Waals surface area (Å²) in [6, 6.07) is 4.40. The molecule has 3 N–H and O–H groups in total. The van der Waals surface area contributed by atoms with E-state index in [0.29, 0.717) is 16.4 Å². The number of hydrogen-bond acceptors (Lipinski definition) is 3. The van der Waals surface area contributed by atoms with Gasteiger partial charge in [-0.15, -0.1) is 0 Å². The Morgan fingerprint density at radius 2 is 2.25 bits per heavy atom. The van der Waals surface area contributed by atoms with E-state index in [4.69, 9.17) is 22.4 Å². The van der Waals surface area contributed by atoms with Gasteiger partial charge in [-0.3, -0.25) is 0 Å². The molecule has 0 unspecified atom stereocenters. The van der Waals surface area contributed by atoms with Crippen LogP contribution >= 0.6 is 11.6 Å². The van der Waals surface area contributed by atoms with E-state index in [2.05, 4.69) is 5.10 Å². The highest BCUT2D eigenvalue weighted by molar-refractivity contribution is 6.30. The molecule has 0 aliphatic carbocycles. The van der Waals surface area contributed by atoms with Crippen LogP contribution in [-0.2, 0) is 0 Å². The number of hydrogen-bond donors (Lipinski definition) is 2. The molecule has 0 atom stereocenters. The molecule has 2 aromatic rings. The molecule has 82 valence electrons. The van der Waals surface area contributed by atoms with Gasteiger partial charge >= 0.3 is 5.97 Å². The first kappa shape index (κ1) is 10.5. The first-order chi connectivity index (χ1) is 7.58. The molecular weight excluding hydrogens is 230 g/mol. The predicted molar refractivity (Wildman–Crippen MR) is 59.9 cm³/mol. The van der Waals surface area contributed by atoms with Crippen LogP contribution in [-0.4, -0.2) is 20.9 Å². The molecule has 0 aliphatic rings. The average Bonchev–Trinajstić information content (AvgIpc) is 2.65. The lowest BCUT2D eigenvalue weighted by Gasteiger charge is -2.06. The van der Waals surface area contributed by atoms with Crippen molar-refractivity contribution in [3.63, 3.8) is 0 Å². The molecule has 5 nitrogen and oxygen atoms in total. The molecule has 1 heterocycles. The van der Waals surface area contributed by atoms with E-state index in [0.717, 1.165) is 0 Å². The van der Waals surface area contributed by atoms with Gasteiger partial charge in [0.1, 0.15) is 0 Å². The second-order valence-electron chi connectivity index (χ2n) is 3.18. The summed E-state index contributed by atoms with van der Waals surface area (Å²) in [6.45, 7) is 0. The summed E-state index contributed by atoms with van der Waals surface area (Å²) in [5.74, 6) is -1.01. The molecular formula is C10H8ClN3O2. The number of carboxylic acids is 1. The molecule has 0 radical (unpaired) electrons. The van der Waals surface area contributed by atoms with Gasteiger partial charge in [0.25, 0.3) is 0 Å². The van der Waals surface area contributed by atoms with Crippen molar-refractivity contribution in [1.82, 2.24) is 9.78 Å². The molecule has 0 spiro atoms. The van der Waals surface area contributed by atoms with Gasteiger partial charge in [-0.05, 0) is 18.2 Å². The van der Waals surface area contributed by atoms with Crippen molar-refractivity contribution in [1.29, 1.82) is 0 Å². The number of nitrogens with two attached hydrogens (primary N) is 1. The third kappa shape index (κ3) is 1.85. The first-order valence-corrected chi connectivity index (χ1v) is 4.79. The Labute approximate surface area is 96.1 Å². The van der Waals surface area contributed by atoms with Crippen LogP contribution < -0.4 is 5.73 Å². The van der Waals surface area contributed by atoms with E-state index in [-0.39, 0.29) is 5.56 Å². The Bertz CT molecular complexity index is 551. The molecule has 1 aromatic carbocycles. The molecule has 0 saturated carbocycles. The highest BCUT2D eigenvalue weighted by Gasteiger charge is 2.09. The minimum atomic E-state index is -1.01. The number of benzene rings is 1. The summed E-state index contributed by atoms with van der Waals surface area (Å²) in [7, 11) is 0. The lowest BCUT2D eigenvalue weighted by molar-refractivity contribution is 0.0697. The second kappa shape index (κ2) is 3.86.